The molecule has 2 N–H and O–H groups in total. The highest BCUT2D eigenvalue weighted by Gasteiger charge is 1.81. The van der Waals surface area contributed by atoms with Crippen LogP contribution in [-0.2, 0) is 0 Å². The van der Waals surface area contributed by atoms with Crippen molar-refractivity contribution in [2.75, 3.05) is 7.11 Å². The molecule has 4 nitrogen and oxygen atoms in total. The lowest BCUT2D eigenvalue weighted by Gasteiger charge is -1.84. The molecule has 1 heterocycles. The van der Waals surface area contributed by atoms with Crippen LogP contribution >= 0.6 is 0 Å². The molecule has 0 amide bonds. The van der Waals surface area contributed by atoms with E-state index < -0.39 is 0 Å². The molecule has 0 spiro atoms. The van der Waals surface area contributed by atoms with Gasteiger partial charge in [-0.15, -0.1) is 0 Å². The predicted octanol–water partition coefficient (Wildman–Crippen LogP) is 0.498. The first-order valence-corrected chi connectivity index (χ1v) is 2.96. The van der Waals surface area contributed by atoms with Gasteiger partial charge in [0.2, 0.25) is 0 Å². The standard InChI is InChI=1S/C6H6N2O.CH4O/c9-8-5-6-3-1-2-4-7-6;1-2/h1-5,9H;2H,1H3. The average molecular weight is 154 g/mol. The molecule has 0 aliphatic heterocycles. The Morgan fingerprint density at radius 2 is 2.18 bits per heavy atom. The van der Waals surface area contributed by atoms with Crippen LogP contribution < -0.4 is 0 Å². The van der Waals surface area contributed by atoms with E-state index >= 15 is 0 Å². The second kappa shape index (κ2) is 6.70. The van der Waals surface area contributed by atoms with Gasteiger partial charge in [0, 0.05) is 13.3 Å². The highest BCUT2D eigenvalue weighted by atomic mass is 16.4. The van der Waals surface area contributed by atoms with Gasteiger partial charge in [-0.25, -0.2) is 0 Å². The summed E-state index contributed by atoms with van der Waals surface area (Å²) in [5, 5.41) is 17.9. The van der Waals surface area contributed by atoms with Crippen LogP contribution in [0.1, 0.15) is 5.69 Å². The minimum absolute atomic E-state index is 0.653. The maximum absolute atomic E-state index is 8.05. The smallest absolute Gasteiger partial charge is 0.0918 e. The Kier molecular flexibility index (Phi) is 5.83. The van der Waals surface area contributed by atoms with Crippen LogP contribution in [0, 0.1) is 0 Å². The number of aromatic nitrogens is 1. The maximum atomic E-state index is 8.05. The second-order valence-electron chi connectivity index (χ2n) is 1.50. The van der Waals surface area contributed by atoms with E-state index in [4.69, 9.17) is 10.3 Å². The van der Waals surface area contributed by atoms with Crippen molar-refractivity contribution in [3.8, 4) is 0 Å². The monoisotopic (exact) mass is 154 g/mol. The highest BCUT2D eigenvalue weighted by molar-refractivity contribution is 5.75. The first-order valence-electron chi connectivity index (χ1n) is 2.96. The number of pyridine rings is 1. The molecule has 11 heavy (non-hydrogen) atoms. The zero-order chi connectivity index (χ0) is 8.53. The van der Waals surface area contributed by atoms with Gasteiger partial charge >= 0.3 is 0 Å². The van der Waals surface area contributed by atoms with Crippen LogP contribution in [0.2, 0.25) is 0 Å². The van der Waals surface area contributed by atoms with Crippen molar-refractivity contribution in [3.63, 3.8) is 0 Å². The van der Waals surface area contributed by atoms with Crippen molar-refractivity contribution >= 4 is 6.21 Å². The number of oxime groups is 1. The molecule has 60 valence electrons. The topological polar surface area (TPSA) is 65.7 Å². The zero-order valence-corrected chi connectivity index (χ0v) is 6.18. The Labute approximate surface area is 64.8 Å². The van der Waals surface area contributed by atoms with Gasteiger partial charge in [0.25, 0.3) is 0 Å². The van der Waals surface area contributed by atoms with E-state index in [1.54, 1.807) is 18.3 Å². The number of nitrogens with zero attached hydrogens (tertiary/aromatic N) is 2. The minimum atomic E-state index is 0.653. The summed E-state index contributed by atoms with van der Waals surface area (Å²) in [6, 6.07) is 5.37. The Bertz CT molecular complexity index is 199. The van der Waals surface area contributed by atoms with Crippen molar-refractivity contribution in [1.82, 2.24) is 4.98 Å². The fourth-order valence-electron chi connectivity index (χ4n) is 0.511. The first kappa shape index (κ1) is 9.58. The molecule has 0 saturated carbocycles. The van der Waals surface area contributed by atoms with Crippen LogP contribution in [0.15, 0.2) is 29.6 Å². The van der Waals surface area contributed by atoms with Gasteiger partial charge < -0.3 is 10.3 Å². The molecule has 0 radical (unpaired) electrons. The van der Waals surface area contributed by atoms with Crippen LogP contribution in [0.3, 0.4) is 0 Å². The molecule has 0 aliphatic carbocycles. The summed E-state index contributed by atoms with van der Waals surface area (Å²) in [6.07, 6.45) is 2.91. The van der Waals surface area contributed by atoms with Crippen LogP contribution in [-0.4, -0.2) is 28.6 Å². The lowest BCUT2D eigenvalue weighted by atomic mass is 10.4. The Balaban J connectivity index is 0.000000461. The van der Waals surface area contributed by atoms with Crippen LogP contribution in [0.4, 0.5) is 0 Å². The highest BCUT2D eigenvalue weighted by Crippen LogP contribution is 1.86. The van der Waals surface area contributed by atoms with Crippen molar-refractivity contribution in [2.24, 2.45) is 5.16 Å². The third-order valence-corrected chi connectivity index (χ3v) is 0.878. The zero-order valence-electron chi connectivity index (χ0n) is 6.18. The van der Waals surface area contributed by atoms with E-state index in [1.165, 1.54) is 6.21 Å². The molecule has 0 fully saturated rings. The summed E-state index contributed by atoms with van der Waals surface area (Å²) in [4.78, 5) is 3.86. The molecule has 0 saturated heterocycles. The van der Waals surface area contributed by atoms with Gasteiger partial charge in [-0.2, -0.15) is 0 Å². The summed E-state index contributed by atoms with van der Waals surface area (Å²) in [5.74, 6) is 0. The maximum Gasteiger partial charge on any atom is 0.0918 e. The molecule has 4 heteroatoms. The predicted molar refractivity (Wildman–Crippen MR) is 41.8 cm³/mol. The summed E-state index contributed by atoms with van der Waals surface area (Å²) in [5.41, 5.74) is 0.653. The molecule has 1 aromatic rings. The Morgan fingerprint density at radius 1 is 1.45 bits per heavy atom. The molecule has 0 aromatic carbocycles. The van der Waals surface area contributed by atoms with Gasteiger partial charge in [-0.3, -0.25) is 4.98 Å². The number of aliphatic hydroxyl groups is 1. The number of rotatable bonds is 1. The number of hydrogen-bond donors (Lipinski definition) is 2. The second-order valence-corrected chi connectivity index (χ2v) is 1.50. The summed E-state index contributed by atoms with van der Waals surface area (Å²) in [7, 11) is 1.00. The third-order valence-electron chi connectivity index (χ3n) is 0.878. The molecular formula is C7H10N2O2. The minimum Gasteiger partial charge on any atom is -0.411 e. The fraction of sp³-hybridized carbons (Fsp3) is 0.143. The molecule has 0 atom stereocenters. The Morgan fingerprint density at radius 3 is 2.64 bits per heavy atom. The SMILES string of the molecule is CO.ON=Cc1ccccn1. The molecule has 1 rings (SSSR count). The number of aliphatic hydroxyl groups excluding tert-OH is 1. The van der Waals surface area contributed by atoms with E-state index in [0.717, 1.165) is 7.11 Å². The quantitative estimate of drug-likeness (QED) is 0.351. The van der Waals surface area contributed by atoms with Gasteiger partial charge in [0.15, 0.2) is 0 Å². The van der Waals surface area contributed by atoms with E-state index in [1.807, 2.05) is 6.07 Å². The molecule has 0 unspecified atom stereocenters. The van der Waals surface area contributed by atoms with Crippen molar-refractivity contribution in [1.29, 1.82) is 0 Å². The Hall–Kier alpha value is -1.42. The number of hydrogen-bond acceptors (Lipinski definition) is 4. The van der Waals surface area contributed by atoms with Gasteiger partial charge in [-0.1, -0.05) is 11.2 Å². The van der Waals surface area contributed by atoms with Gasteiger partial charge in [0.05, 0.1) is 11.9 Å². The molecule has 0 bridgehead atoms. The lowest BCUT2D eigenvalue weighted by Crippen LogP contribution is -1.83. The molecule has 0 aliphatic rings. The summed E-state index contributed by atoms with van der Waals surface area (Å²) in [6.45, 7) is 0. The van der Waals surface area contributed by atoms with E-state index in [9.17, 15) is 0 Å². The largest absolute Gasteiger partial charge is 0.411 e. The average Bonchev–Trinajstić information content (AvgIpc) is 2.11. The van der Waals surface area contributed by atoms with E-state index in [0.29, 0.717) is 5.69 Å². The summed E-state index contributed by atoms with van der Waals surface area (Å²) < 4.78 is 0. The van der Waals surface area contributed by atoms with Crippen molar-refractivity contribution in [3.05, 3.63) is 30.1 Å². The first-order chi connectivity index (χ1) is 5.43. The molecule has 1 aromatic heterocycles. The fourth-order valence-corrected chi connectivity index (χ4v) is 0.511. The van der Waals surface area contributed by atoms with Gasteiger partial charge in [-0.05, 0) is 12.1 Å². The van der Waals surface area contributed by atoms with Crippen molar-refractivity contribution in [2.45, 2.75) is 0 Å². The third kappa shape index (κ3) is 4.05. The summed E-state index contributed by atoms with van der Waals surface area (Å²) >= 11 is 0. The van der Waals surface area contributed by atoms with E-state index in [2.05, 4.69) is 10.1 Å². The van der Waals surface area contributed by atoms with Crippen molar-refractivity contribution < 1.29 is 10.3 Å². The van der Waals surface area contributed by atoms with E-state index in [-0.39, 0.29) is 0 Å². The van der Waals surface area contributed by atoms with Gasteiger partial charge in [0.1, 0.15) is 0 Å². The van der Waals surface area contributed by atoms with Crippen LogP contribution in [0.25, 0.3) is 0 Å². The normalized spacial score (nSPS) is 8.91. The lowest BCUT2D eigenvalue weighted by molar-refractivity contribution is 0.321. The van der Waals surface area contributed by atoms with Crippen LogP contribution in [0.5, 0.6) is 0 Å². The molecular weight excluding hydrogens is 144 g/mol.